The van der Waals surface area contributed by atoms with Crippen molar-refractivity contribution in [3.05, 3.63) is 35.5 Å². The first-order valence-electron chi connectivity index (χ1n) is 7.78. The molecule has 0 amide bonds. The largest absolute Gasteiger partial charge is 0.366 e. The Labute approximate surface area is 135 Å². The van der Waals surface area contributed by atoms with Gasteiger partial charge in [0, 0.05) is 16.8 Å². The van der Waals surface area contributed by atoms with Crippen LogP contribution < -0.4 is 10.6 Å². The van der Waals surface area contributed by atoms with Gasteiger partial charge in [-0.1, -0.05) is 37.3 Å². The maximum atomic E-state index is 5.88. The first kappa shape index (κ1) is 15.0. The van der Waals surface area contributed by atoms with E-state index in [0.717, 1.165) is 11.5 Å². The minimum atomic E-state index is 0.487. The highest BCUT2D eigenvalue weighted by molar-refractivity contribution is 6.30. The van der Waals surface area contributed by atoms with Gasteiger partial charge >= 0.3 is 0 Å². The van der Waals surface area contributed by atoms with Crippen LogP contribution in [-0.2, 0) is 0 Å². The van der Waals surface area contributed by atoms with Crippen molar-refractivity contribution in [3.63, 3.8) is 0 Å². The number of hydrogen-bond donors (Lipinski definition) is 2. The molecule has 1 aromatic carbocycles. The number of nitrogens with zero attached hydrogens (tertiary/aromatic N) is 3. The number of benzene rings is 1. The lowest BCUT2D eigenvalue weighted by atomic mass is 10.1. The van der Waals surface area contributed by atoms with Gasteiger partial charge in [-0.05, 0) is 37.1 Å². The predicted octanol–water partition coefficient (Wildman–Crippen LogP) is 4.40. The van der Waals surface area contributed by atoms with Gasteiger partial charge in [-0.25, -0.2) is 0 Å². The van der Waals surface area contributed by atoms with Crippen molar-refractivity contribution in [3.8, 4) is 0 Å². The van der Waals surface area contributed by atoms with Crippen LogP contribution in [0.2, 0.25) is 5.02 Å². The molecule has 0 atom stereocenters. The third kappa shape index (κ3) is 4.31. The lowest BCUT2D eigenvalue weighted by molar-refractivity contribution is 0.617. The van der Waals surface area contributed by atoms with E-state index in [1.807, 2.05) is 24.3 Å². The van der Waals surface area contributed by atoms with Crippen LogP contribution >= 0.6 is 11.6 Å². The average Bonchev–Trinajstić information content (AvgIpc) is 2.79. The molecule has 22 heavy (non-hydrogen) atoms. The molecular formula is C16H20ClN5. The minimum Gasteiger partial charge on any atom is -0.366 e. The van der Waals surface area contributed by atoms with Gasteiger partial charge in [0.15, 0.2) is 5.82 Å². The number of rotatable bonds is 4. The number of halogens is 1. The quantitative estimate of drug-likeness (QED) is 0.818. The second-order valence-electron chi connectivity index (χ2n) is 5.63. The van der Waals surface area contributed by atoms with E-state index in [2.05, 4.69) is 25.8 Å². The van der Waals surface area contributed by atoms with Gasteiger partial charge in [-0.3, -0.25) is 0 Å². The van der Waals surface area contributed by atoms with Gasteiger partial charge in [0.05, 0.1) is 6.20 Å². The summed E-state index contributed by atoms with van der Waals surface area (Å²) < 4.78 is 0. The summed E-state index contributed by atoms with van der Waals surface area (Å²) in [4.78, 5) is 4.49. The van der Waals surface area contributed by atoms with E-state index in [1.165, 1.54) is 38.5 Å². The molecule has 1 aliphatic rings. The molecule has 5 nitrogen and oxygen atoms in total. The summed E-state index contributed by atoms with van der Waals surface area (Å²) in [5.41, 5.74) is 0.887. The van der Waals surface area contributed by atoms with Gasteiger partial charge in [-0.2, -0.15) is 10.1 Å². The highest BCUT2D eigenvalue weighted by atomic mass is 35.5. The fourth-order valence-electron chi connectivity index (χ4n) is 2.72. The Morgan fingerprint density at radius 2 is 1.73 bits per heavy atom. The molecule has 0 unspecified atom stereocenters. The second-order valence-corrected chi connectivity index (χ2v) is 6.07. The Morgan fingerprint density at radius 1 is 1.00 bits per heavy atom. The number of anilines is 3. The van der Waals surface area contributed by atoms with Crippen LogP contribution in [0.5, 0.6) is 0 Å². The lowest BCUT2D eigenvalue weighted by Crippen LogP contribution is -2.19. The van der Waals surface area contributed by atoms with E-state index < -0.39 is 0 Å². The van der Waals surface area contributed by atoms with E-state index >= 15 is 0 Å². The van der Waals surface area contributed by atoms with Crippen molar-refractivity contribution in [2.24, 2.45) is 0 Å². The fourth-order valence-corrected chi connectivity index (χ4v) is 2.85. The predicted molar refractivity (Wildman–Crippen MR) is 89.7 cm³/mol. The third-order valence-electron chi connectivity index (χ3n) is 3.87. The van der Waals surface area contributed by atoms with Crippen LogP contribution in [0.1, 0.15) is 38.5 Å². The maximum absolute atomic E-state index is 5.88. The molecule has 2 aromatic rings. The molecular weight excluding hydrogens is 298 g/mol. The molecule has 2 N–H and O–H groups in total. The molecule has 3 rings (SSSR count). The zero-order valence-corrected chi connectivity index (χ0v) is 13.2. The summed E-state index contributed by atoms with van der Waals surface area (Å²) in [5, 5.41) is 15.4. The van der Waals surface area contributed by atoms with Gasteiger partial charge in [0.25, 0.3) is 0 Å². The summed E-state index contributed by atoms with van der Waals surface area (Å²) in [6, 6.07) is 7.91. The van der Waals surface area contributed by atoms with Crippen LogP contribution in [0, 0.1) is 0 Å². The van der Waals surface area contributed by atoms with E-state index in [9.17, 15) is 0 Å². The van der Waals surface area contributed by atoms with Gasteiger partial charge < -0.3 is 10.6 Å². The molecule has 0 bridgehead atoms. The molecule has 1 aliphatic carbocycles. The zero-order chi connectivity index (χ0) is 15.2. The van der Waals surface area contributed by atoms with Crippen molar-refractivity contribution in [2.75, 3.05) is 10.6 Å². The van der Waals surface area contributed by atoms with E-state index in [4.69, 9.17) is 11.6 Å². The highest BCUT2D eigenvalue weighted by Crippen LogP contribution is 2.21. The summed E-state index contributed by atoms with van der Waals surface area (Å²) in [6.07, 6.45) is 9.32. The number of aromatic nitrogens is 3. The van der Waals surface area contributed by atoms with Gasteiger partial charge in [0.1, 0.15) is 0 Å². The van der Waals surface area contributed by atoms with Crippen molar-refractivity contribution < 1.29 is 0 Å². The van der Waals surface area contributed by atoms with Crippen molar-refractivity contribution in [1.82, 2.24) is 15.2 Å². The summed E-state index contributed by atoms with van der Waals surface area (Å²) in [6.45, 7) is 0. The van der Waals surface area contributed by atoms with Gasteiger partial charge in [0.2, 0.25) is 5.95 Å². The van der Waals surface area contributed by atoms with Crippen LogP contribution in [0.3, 0.4) is 0 Å². The number of hydrogen-bond acceptors (Lipinski definition) is 5. The molecule has 0 saturated heterocycles. The Hall–Kier alpha value is -1.88. The molecule has 0 spiro atoms. The lowest BCUT2D eigenvalue weighted by Gasteiger charge is -2.16. The van der Waals surface area contributed by atoms with Crippen molar-refractivity contribution in [1.29, 1.82) is 0 Å². The monoisotopic (exact) mass is 317 g/mol. The molecule has 116 valence electrons. The summed E-state index contributed by atoms with van der Waals surface area (Å²) in [7, 11) is 0. The second kappa shape index (κ2) is 7.40. The Kier molecular flexibility index (Phi) is 5.06. The first-order valence-corrected chi connectivity index (χ1v) is 8.16. The molecule has 0 radical (unpaired) electrons. The normalized spacial score (nSPS) is 16.0. The smallest absolute Gasteiger partial charge is 0.249 e. The maximum Gasteiger partial charge on any atom is 0.249 e. The van der Waals surface area contributed by atoms with Crippen LogP contribution in [0.4, 0.5) is 17.5 Å². The summed E-state index contributed by atoms with van der Waals surface area (Å²) >= 11 is 5.88. The van der Waals surface area contributed by atoms with E-state index in [0.29, 0.717) is 17.0 Å². The average molecular weight is 318 g/mol. The standard InChI is InChI=1S/C16H20ClN5/c17-12-7-9-14(10-8-12)20-16-21-15(11-18-22-16)19-13-5-3-1-2-4-6-13/h7-11,13H,1-6H2,(H2,19,20,21,22). The van der Waals surface area contributed by atoms with Gasteiger partial charge in [-0.15, -0.1) is 5.10 Å². The minimum absolute atomic E-state index is 0.487. The SMILES string of the molecule is Clc1ccc(Nc2nncc(NC3CCCCCC3)n2)cc1. The first-order chi connectivity index (χ1) is 10.8. The molecule has 1 fully saturated rings. The van der Waals surface area contributed by atoms with Crippen LogP contribution in [0.15, 0.2) is 30.5 Å². The molecule has 6 heteroatoms. The van der Waals surface area contributed by atoms with Crippen LogP contribution in [0.25, 0.3) is 0 Å². The molecule has 1 saturated carbocycles. The Morgan fingerprint density at radius 3 is 2.45 bits per heavy atom. The highest BCUT2D eigenvalue weighted by Gasteiger charge is 2.13. The van der Waals surface area contributed by atoms with E-state index in [1.54, 1.807) is 6.20 Å². The topological polar surface area (TPSA) is 62.7 Å². The Balaban J connectivity index is 1.65. The van der Waals surface area contributed by atoms with Crippen LogP contribution in [-0.4, -0.2) is 21.2 Å². The Bertz CT molecular complexity index is 594. The van der Waals surface area contributed by atoms with Crippen molar-refractivity contribution in [2.45, 2.75) is 44.6 Å². The zero-order valence-electron chi connectivity index (χ0n) is 12.4. The van der Waals surface area contributed by atoms with Crippen molar-refractivity contribution >= 4 is 29.1 Å². The fraction of sp³-hybridized carbons (Fsp3) is 0.438. The third-order valence-corrected chi connectivity index (χ3v) is 4.12. The molecule has 1 heterocycles. The van der Waals surface area contributed by atoms with E-state index in [-0.39, 0.29) is 0 Å². The summed E-state index contributed by atoms with van der Waals surface area (Å²) in [5.74, 6) is 1.26. The molecule has 0 aliphatic heterocycles. The number of nitrogens with one attached hydrogen (secondary N) is 2. The molecule has 1 aromatic heterocycles.